The summed E-state index contributed by atoms with van der Waals surface area (Å²) in [4.78, 5) is 24.2. The number of urea groups is 1. The van der Waals surface area contributed by atoms with Gasteiger partial charge in [0.25, 0.3) is 0 Å². The quantitative estimate of drug-likeness (QED) is 0.769. The second kappa shape index (κ2) is 6.23. The van der Waals surface area contributed by atoms with Crippen LogP contribution in [-0.2, 0) is 11.3 Å². The molecule has 7 heteroatoms. The maximum Gasteiger partial charge on any atom is 0.326 e. The zero-order valence-corrected chi connectivity index (χ0v) is 12.2. The second-order valence-corrected chi connectivity index (χ2v) is 5.60. The van der Waals surface area contributed by atoms with Crippen molar-refractivity contribution in [2.75, 3.05) is 6.54 Å². The summed E-state index contributed by atoms with van der Waals surface area (Å²) in [6.07, 6.45) is -0.712. The molecule has 0 aromatic heterocycles. The number of carboxylic acid groups (broad SMARTS) is 1. The smallest absolute Gasteiger partial charge is 0.326 e. The molecule has 2 atom stereocenters. The van der Waals surface area contributed by atoms with Crippen LogP contribution in [0.25, 0.3) is 0 Å². The highest BCUT2D eigenvalue weighted by atomic mass is 79.9. The lowest BCUT2D eigenvalue weighted by molar-refractivity contribution is -0.141. The molecule has 3 N–H and O–H groups in total. The van der Waals surface area contributed by atoms with Crippen molar-refractivity contribution in [2.24, 2.45) is 0 Å². The van der Waals surface area contributed by atoms with Gasteiger partial charge in [-0.1, -0.05) is 28.1 Å². The topological polar surface area (TPSA) is 89.9 Å². The van der Waals surface area contributed by atoms with Crippen molar-refractivity contribution in [3.63, 3.8) is 0 Å². The van der Waals surface area contributed by atoms with Crippen LogP contribution < -0.4 is 5.32 Å². The van der Waals surface area contributed by atoms with Gasteiger partial charge in [-0.3, -0.25) is 0 Å². The van der Waals surface area contributed by atoms with E-state index in [0.29, 0.717) is 6.54 Å². The lowest BCUT2D eigenvalue weighted by Crippen LogP contribution is -2.45. The summed E-state index contributed by atoms with van der Waals surface area (Å²) in [6.45, 7) is 0.355. The maximum atomic E-state index is 12.0. The van der Waals surface area contributed by atoms with E-state index < -0.39 is 24.1 Å². The standard InChI is InChI=1S/C13H15BrN2O4/c14-9-3-1-8(2-4-9)6-15-13(20)16-7-10(17)5-11(16)12(18)19/h1-4,10-11,17H,5-7H2,(H,15,20)(H,18,19)/t10?,11-/m0/s1. The fourth-order valence-electron chi connectivity index (χ4n) is 2.15. The molecule has 0 spiro atoms. The van der Waals surface area contributed by atoms with Gasteiger partial charge in [-0.05, 0) is 17.7 Å². The number of benzene rings is 1. The average Bonchev–Trinajstić information content (AvgIpc) is 2.80. The zero-order valence-electron chi connectivity index (χ0n) is 10.6. The molecular weight excluding hydrogens is 328 g/mol. The van der Waals surface area contributed by atoms with Crippen molar-refractivity contribution in [1.82, 2.24) is 10.2 Å². The summed E-state index contributed by atoms with van der Waals surface area (Å²) in [6, 6.07) is 6.00. The van der Waals surface area contributed by atoms with Crippen LogP contribution in [0.15, 0.2) is 28.7 Å². The van der Waals surface area contributed by atoms with Crippen LogP contribution in [0.3, 0.4) is 0 Å². The van der Waals surface area contributed by atoms with Gasteiger partial charge in [-0.15, -0.1) is 0 Å². The number of hydrogen-bond donors (Lipinski definition) is 3. The number of amides is 2. The van der Waals surface area contributed by atoms with Gasteiger partial charge in [-0.25, -0.2) is 9.59 Å². The molecule has 6 nitrogen and oxygen atoms in total. The number of carbonyl (C=O) groups is 2. The number of hydrogen-bond acceptors (Lipinski definition) is 3. The van der Waals surface area contributed by atoms with Crippen molar-refractivity contribution in [3.05, 3.63) is 34.3 Å². The van der Waals surface area contributed by atoms with Gasteiger partial charge in [0.05, 0.1) is 6.10 Å². The first-order valence-corrected chi connectivity index (χ1v) is 6.96. The highest BCUT2D eigenvalue weighted by molar-refractivity contribution is 9.10. The van der Waals surface area contributed by atoms with Crippen LogP contribution in [0.5, 0.6) is 0 Å². The third-order valence-corrected chi connectivity index (χ3v) is 3.71. The van der Waals surface area contributed by atoms with E-state index in [4.69, 9.17) is 5.11 Å². The van der Waals surface area contributed by atoms with Gasteiger partial charge in [0.15, 0.2) is 0 Å². The molecule has 1 unspecified atom stereocenters. The van der Waals surface area contributed by atoms with Crippen LogP contribution in [-0.4, -0.2) is 45.8 Å². The minimum absolute atomic E-state index is 0.0448. The first kappa shape index (κ1) is 14.8. The molecule has 1 saturated heterocycles. The van der Waals surface area contributed by atoms with E-state index >= 15 is 0 Å². The predicted molar refractivity (Wildman–Crippen MR) is 75.1 cm³/mol. The van der Waals surface area contributed by atoms with Crippen LogP contribution in [0.4, 0.5) is 4.79 Å². The van der Waals surface area contributed by atoms with Crippen molar-refractivity contribution in [3.8, 4) is 0 Å². The monoisotopic (exact) mass is 342 g/mol. The van der Waals surface area contributed by atoms with Gasteiger partial charge in [0.1, 0.15) is 6.04 Å². The number of aliphatic carboxylic acids is 1. The first-order chi connectivity index (χ1) is 9.47. The fraction of sp³-hybridized carbons (Fsp3) is 0.385. The molecule has 0 bridgehead atoms. The predicted octanol–water partition coefficient (Wildman–Crippen LogP) is 1.18. The molecule has 1 aliphatic heterocycles. The van der Waals surface area contributed by atoms with Crippen molar-refractivity contribution >= 4 is 27.9 Å². The molecule has 1 heterocycles. The summed E-state index contributed by atoms with van der Waals surface area (Å²) in [5.41, 5.74) is 0.910. The fourth-order valence-corrected chi connectivity index (χ4v) is 2.42. The van der Waals surface area contributed by atoms with Crippen molar-refractivity contribution in [1.29, 1.82) is 0 Å². The Morgan fingerprint density at radius 3 is 2.60 bits per heavy atom. The molecule has 0 radical (unpaired) electrons. The first-order valence-electron chi connectivity index (χ1n) is 6.17. The number of halogens is 1. The molecule has 1 aromatic carbocycles. The van der Waals surface area contributed by atoms with E-state index in [2.05, 4.69) is 21.2 Å². The number of carbonyl (C=O) groups excluding carboxylic acids is 1. The number of β-amino-alcohol motifs (C(OH)–C–C–N with tert-alkyl or cyclic N) is 1. The van der Waals surface area contributed by atoms with E-state index in [1.54, 1.807) is 0 Å². The minimum atomic E-state index is -1.10. The Morgan fingerprint density at radius 2 is 2.00 bits per heavy atom. The van der Waals surface area contributed by atoms with Gasteiger partial charge in [0.2, 0.25) is 0 Å². The number of nitrogens with zero attached hydrogens (tertiary/aromatic N) is 1. The highest BCUT2D eigenvalue weighted by Crippen LogP contribution is 2.18. The van der Waals surface area contributed by atoms with Gasteiger partial charge in [-0.2, -0.15) is 0 Å². The van der Waals surface area contributed by atoms with E-state index in [-0.39, 0.29) is 13.0 Å². The molecule has 2 amide bonds. The summed E-state index contributed by atoms with van der Waals surface area (Å²) >= 11 is 3.32. The Labute approximate surface area is 124 Å². The molecule has 108 valence electrons. The Kier molecular flexibility index (Phi) is 4.61. The van der Waals surface area contributed by atoms with Crippen LogP contribution >= 0.6 is 15.9 Å². The minimum Gasteiger partial charge on any atom is -0.480 e. The Hall–Kier alpha value is -1.60. The second-order valence-electron chi connectivity index (χ2n) is 4.68. The Balaban J connectivity index is 1.94. The van der Waals surface area contributed by atoms with Gasteiger partial charge in [0, 0.05) is 24.0 Å². The summed E-state index contributed by atoms with van der Waals surface area (Å²) < 4.78 is 0.946. The van der Waals surface area contributed by atoms with E-state index in [9.17, 15) is 14.7 Å². The average molecular weight is 343 g/mol. The third kappa shape index (κ3) is 3.49. The zero-order chi connectivity index (χ0) is 14.7. The molecule has 1 fully saturated rings. The maximum absolute atomic E-state index is 12.0. The number of likely N-dealkylation sites (tertiary alicyclic amines) is 1. The molecule has 1 aliphatic rings. The molecule has 0 aliphatic carbocycles. The van der Waals surface area contributed by atoms with E-state index in [1.165, 1.54) is 0 Å². The number of aliphatic hydroxyl groups excluding tert-OH is 1. The number of aliphatic hydroxyl groups is 1. The normalized spacial score (nSPS) is 21.8. The Bertz CT molecular complexity index is 506. The Morgan fingerprint density at radius 1 is 1.35 bits per heavy atom. The van der Waals surface area contributed by atoms with Crippen LogP contribution in [0.1, 0.15) is 12.0 Å². The third-order valence-electron chi connectivity index (χ3n) is 3.18. The molecular formula is C13H15BrN2O4. The number of nitrogens with one attached hydrogen (secondary N) is 1. The highest BCUT2D eigenvalue weighted by Gasteiger charge is 2.38. The molecule has 0 saturated carbocycles. The largest absolute Gasteiger partial charge is 0.480 e. The van der Waals surface area contributed by atoms with E-state index in [0.717, 1.165) is 14.9 Å². The lowest BCUT2D eigenvalue weighted by Gasteiger charge is -2.21. The van der Waals surface area contributed by atoms with Crippen molar-refractivity contribution < 1.29 is 19.8 Å². The van der Waals surface area contributed by atoms with Crippen LogP contribution in [0, 0.1) is 0 Å². The summed E-state index contributed by atoms with van der Waals surface area (Å²) in [5.74, 6) is -1.10. The summed E-state index contributed by atoms with van der Waals surface area (Å²) in [5, 5.41) is 21.2. The van der Waals surface area contributed by atoms with Gasteiger partial charge >= 0.3 is 12.0 Å². The number of carboxylic acids is 1. The SMILES string of the molecule is O=C(O)[C@@H]1CC(O)CN1C(=O)NCc1ccc(Br)cc1. The summed E-state index contributed by atoms with van der Waals surface area (Å²) in [7, 11) is 0. The molecule has 20 heavy (non-hydrogen) atoms. The lowest BCUT2D eigenvalue weighted by atomic mass is 10.2. The van der Waals surface area contributed by atoms with Crippen LogP contribution in [0.2, 0.25) is 0 Å². The van der Waals surface area contributed by atoms with Crippen molar-refractivity contribution in [2.45, 2.75) is 25.1 Å². The number of rotatable bonds is 3. The molecule has 1 aromatic rings. The molecule has 2 rings (SSSR count). The van der Waals surface area contributed by atoms with Gasteiger partial charge < -0.3 is 20.4 Å². The van der Waals surface area contributed by atoms with E-state index in [1.807, 2.05) is 24.3 Å².